The highest BCUT2D eigenvalue weighted by atomic mass is 16.5. The normalized spacial score (nSPS) is 17.8. The van der Waals surface area contributed by atoms with Crippen LogP contribution in [0.1, 0.15) is 37.3 Å². The van der Waals surface area contributed by atoms with E-state index in [4.69, 9.17) is 4.74 Å². The van der Waals surface area contributed by atoms with Crippen molar-refractivity contribution in [2.24, 2.45) is 0 Å². The molecule has 6 nitrogen and oxygen atoms in total. The number of benzene rings is 1. The molecule has 1 aliphatic rings. The number of likely N-dealkylation sites (tertiary alicyclic amines) is 1. The van der Waals surface area contributed by atoms with Gasteiger partial charge in [-0.15, -0.1) is 0 Å². The third kappa shape index (κ3) is 4.40. The van der Waals surface area contributed by atoms with Crippen LogP contribution in [-0.2, 0) is 9.53 Å². The minimum absolute atomic E-state index is 0.0271. The topological polar surface area (TPSA) is 59.1 Å². The second-order valence-corrected chi connectivity index (χ2v) is 6.05. The van der Waals surface area contributed by atoms with E-state index in [1.807, 2.05) is 29.2 Å². The lowest BCUT2D eigenvalue weighted by Gasteiger charge is -2.32. The van der Waals surface area contributed by atoms with E-state index in [0.29, 0.717) is 6.54 Å². The Labute approximate surface area is 143 Å². The first kappa shape index (κ1) is 18.1. The van der Waals surface area contributed by atoms with Crippen LogP contribution in [0.25, 0.3) is 0 Å². The molecule has 0 saturated carbocycles. The Morgan fingerprint density at radius 1 is 1.17 bits per heavy atom. The number of carbonyl (C=O) groups excluding carboxylic acids is 2. The van der Waals surface area contributed by atoms with Gasteiger partial charge >= 0.3 is 6.09 Å². The molecule has 1 fully saturated rings. The number of carbonyl (C=O) groups is 2. The monoisotopic (exact) mass is 334 g/mol. The summed E-state index contributed by atoms with van der Waals surface area (Å²) < 4.78 is 9.87. The highest BCUT2D eigenvalue weighted by Gasteiger charge is 2.28. The van der Waals surface area contributed by atoms with Crippen molar-refractivity contribution in [1.82, 2.24) is 9.80 Å². The average Bonchev–Trinajstić information content (AvgIpc) is 2.87. The van der Waals surface area contributed by atoms with Crippen molar-refractivity contribution in [2.75, 3.05) is 34.4 Å². The van der Waals surface area contributed by atoms with E-state index < -0.39 is 6.09 Å². The number of hydrogen-bond donors (Lipinski definition) is 0. The lowest BCUT2D eigenvalue weighted by Crippen LogP contribution is -2.42. The van der Waals surface area contributed by atoms with Crippen LogP contribution in [0.3, 0.4) is 0 Å². The summed E-state index contributed by atoms with van der Waals surface area (Å²) in [6, 6.07) is 7.91. The summed E-state index contributed by atoms with van der Waals surface area (Å²) in [6.45, 7) is 0.740. The molecule has 1 aromatic rings. The highest BCUT2D eigenvalue weighted by molar-refractivity contribution is 5.82. The third-order valence-corrected chi connectivity index (χ3v) is 4.43. The molecule has 0 radical (unpaired) electrons. The summed E-state index contributed by atoms with van der Waals surface area (Å²) in [5, 5.41) is 0. The largest absolute Gasteiger partial charge is 0.497 e. The minimum atomic E-state index is -0.501. The SMILES string of the molecule is COC(=O)N(C)CC(=O)N1CCCCC[C@@H]1c1ccc(OC)cc1. The van der Waals surface area contributed by atoms with Crippen molar-refractivity contribution >= 4 is 12.0 Å². The van der Waals surface area contributed by atoms with Crippen molar-refractivity contribution in [3.05, 3.63) is 29.8 Å². The molecule has 132 valence electrons. The number of hydrogen-bond acceptors (Lipinski definition) is 4. The fourth-order valence-corrected chi connectivity index (χ4v) is 3.09. The van der Waals surface area contributed by atoms with Gasteiger partial charge in [0.05, 0.1) is 20.3 Å². The molecule has 1 aliphatic heterocycles. The Hall–Kier alpha value is -2.24. The van der Waals surface area contributed by atoms with E-state index in [1.165, 1.54) is 12.0 Å². The van der Waals surface area contributed by atoms with Crippen molar-refractivity contribution in [3.63, 3.8) is 0 Å². The first-order chi connectivity index (χ1) is 11.6. The van der Waals surface area contributed by atoms with Crippen LogP contribution in [0.2, 0.25) is 0 Å². The second-order valence-electron chi connectivity index (χ2n) is 6.05. The molecule has 0 unspecified atom stereocenters. The summed E-state index contributed by atoms with van der Waals surface area (Å²) in [6.07, 6.45) is 3.62. The second kappa shape index (κ2) is 8.57. The highest BCUT2D eigenvalue weighted by Crippen LogP contribution is 2.31. The predicted octanol–water partition coefficient (Wildman–Crippen LogP) is 2.84. The summed E-state index contributed by atoms with van der Waals surface area (Å²) in [5.41, 5.74) is 1.10. The standard InChI is InChI=1S/C18H26N2O4/c1-19(18(22)24-3)13-17(21)20-12-6-4-5-7-16(20)14-8-10-15(23-2)11-9-14/h8-11,16H,4-7,12-13H2,1-3H3/t16-/m1/s1. The van der Waals surface area contributed by atoms with Gasteiger partial charge in [-0.1, -0.05) is 25.0 Å². The first-order valence-corrected chi connectivity index (χ1v) is 8.29. The van der Waals surface area contributed by atoms with Crippen molar-refractivity contribution in [3.8, 4) is 5.75 Å². The molecule has 24 heavy (non-hydrogen) atoms. The number of amides is 2. The van der Waals surface area contributed by atoms with Crippen molar-refractivity contribution < 1.29 is 19.1 Å². The zero-order chi connectivity index (χ0) is 17.5. The summed E-state index contributed by atoms with van der Waals surface area (Å²) in [7, 11) is 4.53. The Morgan fingerprint density at radius 3 is 2.50 bits per heavy atom. The Kier molecular flexibility index (Phi) is 6.46. The molecule has 6 heteroatoms. The van der Waals surface area contributed by atoms with E-state index in [2.05, 4.69) is 4.74 Å². The molecule has 0 aromatic heterocycles. The molecule has 1 saturated heterocycles. The van der Waals surface area contributed by atoms with Gasteiger partial charge in [-0.2, -0.15) is 0 Å². The number of methoxy groups -OCH3 is 2. The fraction of sp³-hybridized carbons (Fsp3) is 0.556. The Morgan fingerprint density at radius 2 is 1.88 bits per heavy atom. The molecule has 1 atom stereocenters. The maximum absolute atomic E-state index is 12.7. The number of nitrogens with zero attached hydrogens (tertiary/aromatic N) is 2. The van der Waals surface area contributed by atoms with Gasteiger partial charge in [-0.3, -0.25) is 4.79 Å². The predicted molar refractivity (Wildman–Crippen MR) is 91.0 cm³/mol. The maximum atomic E-state index is 12.7. The molecule has 0 bridgehead atoms. The van der Waals surface area contributed by atoms with Crippen molar-refractivity contribution in [2.45, 2.75) is 31.7 Å². The molecule has 1 aromatic carbocycles. The van der Waals surface area contributed by atoms with E-state index in [9.17, 15) is 9.59 Å². The van der Waals surface area contributed by atoms with Crippen LogP contribution in [0.4, 0.5) is 4.79 Å². The van der Waals surface area contributed by atoms with Gasteiger partial charge in [0.2, 0.25) is 5.91 Å². The molecule has 2 amide bonds. The van der Waals surface area contributed by atoms with Crippen LogP contribution in [0, 0.1) is 0 Å². The molecule has 0 spiro atoms. The Bertz CT molecular complexity index is 559. The van der Waals surface area contributed by atoms with Gasteiger partial charge < -0.3 is 19.3 Å². The molecular weight excluding hydrogens is 308 g/mol. The van der Waals surface area contributed by atoms with Gasteiger partial charge in [0, 0.05) is 13.6 Å². The molecule has 0 aliphatic carbocycles. The van der Waals surface area contributed by atoms with E-state index in [1.54, 1.807) is 14.2 Å². The Balaban J connectivity index is 2.16. The summed E-state index contributed by atoms with van der Waals surface area (Å²) >= 11 is 0. The number of ether oxygens (including phenoxy) is 2. The van der Waals surface area contributed by atoms with E-state index in [0.717, 1.165) is 37.0 Å². The van der Waals surface area contributed by atoms with Crippen LogP contribution in [-0.4, -0.2) is 56.2 Å². The van der Waals surface area contributed by atoms with Crippen LogP contribution < -0.4 is 4.74 Å². The fourth-order valence-electron chi connectivity index (χ4n) is 3.09. The van der Waals surface area contributed by atoms with Gasteiger partial charge in [0.15, 0.2) is 0 Å². The van der Waals surface area contributed by atoms with Gasteiger partial charge in [-0.05, 0) is 30.5 Å². The molecular formula is C18H26N2O4. The van der Waals surface area contributed by atoms with Crippen molar-refractivity contribution in [1.29, 1.82) is 0 Å². The van der Waals surface area contributed by atoms with Crippen LogP contribution in [0.5, 0.6) is 5.75 Å². The maximum Gasteiger partial charge on any atom is 0.409 e. The van der Waals surface area contributed by atoms with Crippen LogP contribution >= 0.6 is 0 Å². The van der Waals surface area contributed by atoms with E-state index in [-0.39, 0.29) is 18.5 Å². The van der Waals surface area contributed by atoms with Gasteiger partial charge in [0.25, 0.3) is 0 Å². The zero-order valence-electron chi connectivity index (χ0n) is 14.7. The third-order valence-electron chi connectivity index (χ3n) is 4.43. The zero-order valence-corrected chi connectivity index (χ0v) is 14.7. The van der Waals surface area contributed by atoms with E-state index >= 15 is 0 Å². The molecule has 2 rings (SSSR count). The summed E-state index contributed by atoms with van der Waals surface area (Å²) in [4.78, 5) is 27.5. The minimum Gasteiger partial charge on any atom is -0.497 e. The lowest BCUT2D eigenvalue weighted by atomic mass is 10.0. The number of rotatable bonds is 4. The molecule has 1 heterocycles. The first-order valence-electron chi connectivity index (χ1n) is 8.29. The smallest absolute Gasteiger partial charge is 0.409 e. The lowest BCUT2D eigenvalue weighted by molar-refractivity contribution is -0.134. The quantitative estimate of drug-likeness (QED) is 0.849. The number of likely N-dealkylation sites (N-methyl/N-ethyl adjacent to an activating group) is 1. The van der Waals surface area contributed by atoms with Crippen LogP contribution in [0.15, 0.2) is 24.3 Å². The summed E-state index contributed by atoms with van der Waals surface area (Å²) in [5.74, 6) is 0.751. The van der Waals surface area contributed by atoms with Gasteiger partial charge in [-0.25, -0.2) is 4.79 Å². The average molecular weight is 334 g/mol. The molecule has 0 N–H and O–H groups in total. The van der Waals surface area contributed by atoms with Gasteiger partial charge in [0.1, 0.15) is 12.3 Å².